The molecule has 0 aliphatic carbocycles. The molecule has 3 aromatic rings. The number of allylic oxidation sites excluding steroid dienone is 4. The predicted molar refractivity (Wildman–Crippen MR) is 178 cm³/mol. The number of Topliss-reactive ketones (excluding diaryl/α,β-unsaturated/α-hetero) is 1. The number of amides is 1. The van der Waals surface area contributed by atoms with Crippen molar-refractivity contribution in [1.82, 2.24) is 4.90 Å². The second kappa shape index (κ2) is 17.4. The number of halogens is 1. The third-order valence-electron chi connectivity index (χ3n) is 7.21. The van der Waals surface area contributed by atoms with Crippen molar-refractivity contribution in [2.45, 2.75) is 32.7 Å². The Labute approximate surface area is 274 Å². The lowest BCUT2D eigenvalue weighted by atomic mass is 9.95. The second-order valence-corrected chi connectivity index (χ2v) is 10.7. The van der Waals surface area contributed by atoms with Crippen LogP contribution >= 0.6 is 11.6 Å². The summed E-state index contributed by atoms with van der Waals surface area (Å²) in [5.74, 6) is 0.630. The fourth-order valence-electron chi connectivity index (χ4n) is 4.78. The minimum atomic E-state index is -0.706. The maximum Gasteiger partial charge on any atom is 0.298 e. The van der Waals surface area contributed by atoms with Crippen molar-refractivity contribution >= 4 is 47.3 Å². The van der Waals surface area contributed by atoms with E-state index in [1.165, 1.54) is 27.2 Å². The van der Waals surface area contributed by atoms with Crippen LogP contribution in [0.4, 0.5) is 5.69 Å². The molecule has 0 saturated heterocycles. The van der Waals surface area contributed by atoms with E-state index in [-0.39, 0.29) is 17.4 Å². The molecule has 1 N–H and O–H groups in total. The highest BCUT2D eigenvalue weighted by Crippen LogP contribution is 2.30. The largest absolute Gasteiger partial charge is 0.497 e. The van der Waals surface area contributed by atoms with E-state index in [9.17, 15) is 19.2 Å². The molecule has 10 heteroatoms. The number of ether oxygens (including phenoxy) is 3. The van der Waals surface area contributed by atoms with Gasteiger partial charge in [-0.05, 0) is 66.9 Å². The first-order valence-electron chi connectivity index (χ1n) is 14.3. The van der Waals surface area contributed by atoms with E-state index in [0.717, 1.165) is 11.1 Å². The van der Waals surface area contributed by atoms with Crippen molar-refractivity contribution in [3.8, 4) is 0 Å². The predicted octanol–water partition coefficient (Wildman–Crippen LogP) is 6.39. The smallest absolute Gasteiger partial charge is 0.298 e. The zero-order valence-electron chi connectivity index (χ0n) is 26.4. The summed E-state index contributed by atoms with van der Waals surface area (Å²) in [7, 11) is 4.68. The van der Waals surface area contributed by atoms with Crippen LogP contribution in [0.3, 0.4) is 0 Å². The molecule has 0 radical (unpaired) electrons. The standard InChI is InChI=1S/C36H37ClN2O7/c1-24(42)30-16-13-28(37)21-32(30)31(17-18-40)35(45-5)22-39(3)33(19-26-9-7-6-8-10-26)36(43)38-29-14-11-27(12-15-29)20-34(44-4)25(2)46-23-41/h6-18,21-23,33H,19-20H2,1-5H3,(H,38,43)/b31-17-,34-25-,35-22+. The number of methoxy groups -OCH3 is 2. The van der Waals surface area contributed by atoms with Crippen molar-refractivity contribution in [2.75, 3.05) is 26.6 Å². The highest BCUT2D eigenvalue weighted by Gasteiger charge is 2.25. The third-order valence-corrected chi connectivity index (χ3v) is 7.44. The quantitative estimate of drug-likeness (QED) is 0.0628. The topological polar surface area (TPSA) is 111 Å². The van der Waals surface area contributed by atoms with Crippen molar-refractivity contribution in [2.24, 2.45) is 0 Å². The molecule has 1 amide bonds. The Morgan fingerprint density at radius 3 is 2.20 bits per heavy atom. The molecule has 9 nitrogen and oxygen atoms in total. The molecule has 0 aliphatic rings. The van der Waals surface area contributed by atoms with Crippen LogP contribution in [0.1, 0.15) is 40.9 Å². The number of likely N-dealkylation sites (N-methyl/N-ethyl adjacent to an activating group) is 1. The van der Waals surface area contributed by atoms with Gasteiger partial charge in [0.25, 0.3) is 6.47 Å². The maximum atomic E-state index is 13.8. The summed E-state index contributed by atoms with van der Waals surface area (Å²) in [6.07, 6.45) is 4.27. The van der Waals surface area contributed by atoms with Gasteiger partial charge in [-0.1, -0.05) is 54.1 Å². The Hall–Kier alpha value is -5.15. The van der Waals surface area contributed by atoms with Crippen LogP contribution < -0.4 is 5.32 Å². The molecule has 240 valence electrons. The minimum Gasteiger partial charge on any atom is -0.497 e. The van der Waals surface area contributed by atoms with E-state index in [2.05, 4.69) is 5.32 Å². The van der Waals surface area contributed by atoms with E-state index >= 15 is 0 Å². The number of hydrogen-bond acceptors (Lipinski definition) is 8. The van der Waals surface area contributed by atoms with Crippen molar-refractivity contribution < 1.29 is 33.4 Å². The number of carbonyl (C=O) groups is 4. The van der Waals surface area contributed by atoms with Gasteiger partial charge >= 0.3 is 0 Å². The number of nitrogens with one attached hydrogen (secondary N) is 1. The van der Waals surface area contributed by atoms with E-state index in [0.29, 0.717) is 64.5 Å². The highest BCUT2D eigenvalue weighted by atomic mass is 35.5. The number of nitrogens with zero attached hydrogens (tertiary/aromatic N) is 1. The Balaban J connectivity index is 1.95. The average Bonchev–Trinajstić information content (AvgIpc) is 3.05. The number of carbonyl (C=O) groups excluding carboxylic acids is 4. The average molecular weight is 645 g/mol. The Morgan fingerprint density at radius 1 is 0.913 bits per heavy atom. The molecule has 0 aliphatic heterocycles. The fraction of sp³-hybridized carbons (Fsp3) is 0.222. The Kier molecular flexibility index (Phi) is 13.3. The van der Waals surface area contributed by atoms with Crippen LogP contribution in [-0.4, -0.2) is 56.7 Å². The molecular weight excluding hydrogens is 608 g/mol. The summed E-state index contributed by atoms with van der Waals surface area (Å²) in [4.78, 5) is 50.4. The molecule has 0 saturated carbocycles. The number of anilines is 1. The van der Waals surface area contributed by atoms with Crippen molar-refractivity contribution in [3.05, 3.63) is 130 Å². The summed E-state index contributed by atoms with van der Waals surface area (Å²) < 4.78 is 16.0. The number of rotatable bonds is 16. The molecule has 46 heavy (non-hydrogen) atoms. The molecule has 0 heterocycles. The lowest BCUT2D eigenvalue weighted by Crippen LogP contribution is -2.41. The number of ketones is 1. The zero-order valence-corrected chi connectivity index (χ0v) is 27.2. The maximum absolute atomic E-state index is 13.8. The van der Waals surface area contributed by atoms with E-state index < -0.39 is 6.04 Å². The van der Waals surface area contributed by atoms with Gasteiger partial charge in [-0.3, -0.25) is 19.2 Å². The van der Waals surface area contributed by atoms with Gasteiger partial charge in [-0.15, -0.1) is 0 Å². The van der Waals surface area contributed by atoms with E-state index in [4.69, 9.17) is 25.8 Å². The van der Waals surface area contributed by atoms with Gasteiger partial charge in [0.2, 0.25) is 5.91 Å². The minimum absolute atomic E-state index is 0.210. The Morgan fingerprint density at radius 2 is 1.61 bits per heavy atom. The third kappa shape index (κ3) is 9.67. The van der Waals surface area contributed by atoms with Crippen LogP contribution in [0.5, 0.6) is 0 Å². The first kappa shape index (κ1) is 35.3. The highest BCUT2D eigenvalue weighted by molar-refractivity contribution is 6.31. The molecule has 0 aromatic heterocycles. The number of aldehydes is 1. The summed E-state index contributed by atoms with van der Waals surface area (Å²) in [6, 6.07) is 20.9. The summed E-state index contributed by atoms with van der Waals surface area (Å²) >= 11 is 6.27. The SMILES string of the molecule is CO/C(Cc1ccc(NC(=O)C(Cc2ccccc2)N(C)/C=C(OC)\C(=C/C=O)c2cc(Cl)ccc2C(C)=O)cc1)=C(/C)OC=O. The molecule has 0 spiro atoms. The van der Waals surface area contributed by atoms with Crippen LogP contribution in [0.2, 0.25) is 5.02 Å². The zero-order chi connectivity index (χ0) is 33.6. The van der Waals surface area contributed by atoms with Gasteiger partial charge in [0.05, 0.1) is 14.2 Å². The van der Waals surface area contributed by atoms with Gasteiger partial charge in [-0.2, -0.15) is 0 Å². The lowest BCUT2D eigenvalue weighted by Gasteiger charge is -2.27. The summed E-state index contributed by atoms with van der Waals surface area (Å²) in [6.45, 7) is 3.42. The normalized spacial score (nSPS) is 12.7. The van der Waals surface area contributed by atoms with Crippen LogP contribution in [0.15, 0.2) is 102 Å². The molecule has 0 bridgehead atoms. The molecule has 1 unspecified atom stereocenters. The van der Waals surface area contributed by atoms with Crippen LogP contribution in [-0.2, 0) is 41.4 Å². The van der Waals surface area contributed by atoms with E-state index in [1.807, 2.05) is 42.5 Å². The number of benzene rings is 3. The van der Waals surface area contributed by atoms with Gasteiger partial charge in [0.15, 0.2) is 5.78 Å². The monoisotopic (exact) mass is 644 g/mol. The van der Waals surface area contributed by atoms with Gasteiger partial charge < -0.3 is 24.4 Å². The first-order chi connectivity index (χ1) is 22.1. The molecular formula is C36H37ClN2O7. The van der Waals surface area contributed by atoms with Gasteiger partial charge in [-0.25, -0.2) is 0 Å². The molecule has 3 aromatic carbocycles. The lowest BCUT2D eigenvalue weighted by molar-refractivity contribution is -0.125. The molecule has 3 rings (SSSR count). The summed E-state index contributed by atoms with van der Waals surface area (Å²) in [5.41, 5.74) is 3.52. The van der Waals surface area contributed by atoms with Crippen molar-refractivity contribution in [3.63, 3.8) is 0 Å². The van der Waals surface area contributed by atoms with E-state index in [1.54, 1.807) is 55.4 Å². The van der Waals surface area contributed by atoms with Crippen LogP contribution in [0.25, 0.3) is 5.57 Å². The first-order valence-corrected chi connectivity index (χ1v) is 14.7. The van der Waals surface area contributed by atoms with Gasteiger partial charge in [0.1, 0.15) is 29.6 Å². The number of hydrogen-bond donors (Lipinski definition) is 1. The Bertz CT molecular complexity index is 1630. The fourth-order valence-corrected chi connectivity index (χ4v) is 4.95. The van der Waals surface area contributed by atoms with Crippen LogP contribution in [0, 0.1) is 0 Å². The summed E-state index contributed by atoms with van der Waals surface area (Å²) in [5, 5.41) is 3.37. The van der Waals surface area contributed by atoms with Gasteiger partial charge in [0, 0.05) is 47.9 Å². The van der Waals surface area contributed by atoms with Crippen molar-refractivity contribution in [1.29, 1.82) is 0 Å². The molecule has 0 fully saturated rings. The molecule has 1 atom stereocenters. The second-order valence-electron chi connectivity index (χ2n) is 10.3.